The zero-order chi connectivity index (χ0) is 13.5. The molecule has 4 nitrogen and oxygen atoms in total. The van der Waals surface area contributed by atoms with Crippen molar-refractivity contribution in [3.63, 3.8) is 0 Å². The highest BCUT2D eigenvalue weighted by Gasteiger charge is 2.43. The number of ether oxygens (including phenoxy) is 2. The number of benzene rings is 1. The summed E-state index contributed by atoms with van der Waals surface area (Å²) >= 11 is 0. The fourth-order valence-corrected chi connectivity index (χ4v) is 1.78. The molecule has 6 heteroatoms. The van der Waals surface area contributed by atoms with Crippen LogP contribution in [0, 0.1) is 5.92 Å². The lowest BCUT2D eigenvalue weighted by atomic mass is 9.94. The van der Waals surface area contributed by atoms with E-state index in [1.165, 1.54) is 12.1 Å². The zero-order valence-corrected chi connectivity index (χ0v) is 10.1. The lowest BCUT2D eigenvalue weighted by Crippen LogP contribution is -2.30. The molecule has 2 atom stereocenters. The fourth-order valence-electron chi connectivity index (χ4n) is 1.78. The summed E-state index contributed by atoms with van der Waals surface area (Å²) in [7, 11) is 0. The third kappa shape index (κ3) is 2.39. The second-order valence-corrected chi connectivity index (χ2v) is 4.63. The molecule has 0 saturated heterocycles. The van der Waals surface area contributed by atoms with E-state index in [1.807, 2.05) is 13.8 Å². The molecule has 18 heavy (non-hydrogen) atoms. The van der Waals surface area contributed by atoms with E-state index >= 15 is 0 Å². The number of alkyl halides is 2. The van der Waals surface area contributed by atoms with Crippen LogP contribution >= 0.6 is 0 Å². The molecule has 1 aliphatic heterocycles. The molecule has 0 radical (unpaired) electrons. The van der Waals surface area contributed by atoms with Crippen molar-refractivity contribution in [1.29, 1.82) is 0 Å². The van der Waals surface area contributed by atoms with Crippen molar-refractivity contribution in [3.05, 3.63) is 23.8 Å². The van der Waals surface area contributed by atoms with Crippen molar-refractivity contribution < 1.29 is 23.4 Å². The summed E-state index contributed by atoms with van der Waals surface area (Å²) in [5.41, 5.74) is 6.39. The van der Waals surface area contributed by atoms with Gasteiger partial charge in [-0.15, -0.1) is 8.78 Å². The molecule has 1 heterocycles. The van der Waals surface area contributed by atoms with Gasteiger partial charge in [-0.05, 0) is 23.6 Å². The summed E-state index contributed by atoms with van der Waals surface area (Å²) in [5.74, 6) is -0.134. The van der Waals surface area contributed by atoms with Crippen LogP contribution in [-0.2, 0) is 0 Å². The van der Waals surface area contributed by atoms with Gasteiger partial charge in [0.15, 0.2) is 11.5 Å². The summed E-state index contributed by atoms with van der Waals surface area (Å²) in [6.07, 6.45) is -4.40. The summed E-state index contributed by atoms with van der Waals surface area (Å²) in [4.78, 5) is 0. The maximum absolute atomic E-state index is 12.8. The maximum Gasteiger partial charge on any atom is 0.586 e. The Balaban J connectivity index is 2.23. The number of fused-ring (bicyclic) bond motifs is 1. The molecular formula is C12H15F2NO3. The van der Waals surface area contributed by atoms with Crippen LogP contribution in [0.15, 0.2) is 18.2 Å². The highest BCUT2D eigenvalue weighted by molar-refractivity contribution is 5.46. The van der Waals surface area contributed by atoms with Gasteiger partial charge >= 0.3 is 6.29 Å². The van der Waals surface area contributed by atoms with Gasteiger partial charge in [-0.25, -0.2) is 0 Å². The van der Waals surface area contributed by atoms with E-state index in [0.29, 0.717) is 5.56 Å². The molecule has 0 bridgehead atoms. The second-order valence-electron chi connectivity index (χ2n) is 4.63. The molecule has 0 spiro atoms. The first kappa shape index (κ1) is 13.0. The van der Waals surface area contributed by atoms with Gasteiger partial charge in [0.05, 0.1) is 12.1 Å². The molecule has 100 valence electrons. The predicted octanol–water partition coefficient (Wildman–Crippen LogP) is 2.02. The smallest absolute Gasteiger partial charge is 0.395 e. The van der Waals surface area contributed by atoms with Crippen LogP contribution in [0.2, 0.25) is 0 Å². The lowest BCUT2D eigenvalue weighted by molar-refractivity contribution is -0.286. The molecule has 1 aliphatic rings. The molecule has 1 aromatic carbocycles. The van der Waals surface area contributed by atoms with Crippen LogP contribution < -0.4 is 15.2 Å². The normalized spacial score (nSPS) is 19.9. The maximum atomic E-state index is 12.8. The van der Waals surface area contributed by atoms with Crippen molar-refractivity contribution in [2.24, 2.45) is 11.7 Å². The lowest BCUT2D eigenvalue weighted by Gasteiger charge is -2.22. The number of hydrogen-bond donors (Lipinski definition) is 2. The molecule has 0 aromatic heterocycles. The molecule has 0 amide bonds. The number of halogens is 2. The molecule has 0 aliphatic carbocycles. The van der Waals surface area contributed by atoms with E-state index in [1.54, 1.807) is 6.07 Å². The zero-order valence-electron chi connectivity index (χ0n) is 10.1. The fraction of sp³-hybridized carbons (Fsp3) is 0.500. The van der Waals surface area contributed by atoms with E-state index in [-0.39, 0.29) is 17.4 Å². The van der Waals surface area contributed by atoms with Gasteiger partial charge in [0, 0.05) is 0 Å². The van der Waals surface area contributed by atoms with Crippen LogP contribution in [0.1, 0.15) is 25.5 Å². The Morgan fingerprint density at radius 3 is 2.44 bits per heavy atom. The van der Waals surface area contributed by atoms with Crippen molar-refractivity contribution in [2.45, 2.75) is 32.3 Å². The Bertz CT molecular complexity index is 451. The van der Waals surface area contributed by atoms with Gasteiger partial charge in [0.1, 0.15) is 0 Å². The average molecular weight is 259 g/mol. The van der Waals surface area contributed by atoms with Gasteiger partial charge in [0.25, 0.3) is 0 Å². The minimum Gasteiger partial charge on any atom is -0.395 e. The Hall–Kier alpha value is -1.40. The predicted molar refractivity (Wildman–Crippen MR) is 60.4 cm³/mol. The summed E-state index contributed by atoms with van der Waals surface area (Å²) in [6.45, 7) is 3.65. The highest BCUT2D eigenvalue weighted by atomic mass is 19.3. The SMILES string of the molecule is CC(C)[C@H](O)[C@H](N)c1ccc2c(c1)OC(F)(F)O2. The van der Waals surface area contributed by atoms with E-state index in [2.05, 4.69) is 9.47 Å². The van der Waals surface area contributed by atoms with Gasteiger partial charge in [-0.1, -0.05) is 19.9 Å². The van der Waals surface area contributed by atoms with Gasteiger partial charge in [-0.2, -0.15) is 0 Å². The van der Waals surface area contributed by atoms with E-state index in [9.17, 15) is 13.9 Å². The van der Waals surface area contributed by atoms with Crippen molar-refractivity contribution in [2.75, 3.05) is 0 Å². The van der Waals surface area contributed by atoms with E-state index in [4.69, 9.17) is 5.73 Å². The average Bonchev–Trinajstić information content (AvgIpc) is 2.59. The van der Waals surface area contributed by atoms with Gasteiger partial charge < -0.3 is 20.3 Å². The second kappa shape index (κ2) is 4.37. The number of hydrogen-bond acceptors (Lipinski definition) is 4. The van der Waals surface area contributed by atoms with Crippen molar-refractivity contribution in [3.8, 4) is 11.5 Å². The largest absolute Gasteiger partial charge is 0.586 e. The molecule has 0 fully saturated rings. The third-order valence-electron chi connectivity index (χ3n) is 2.86. The molecule has 0 unspecified atom stereocenters. The Labute approximate surface area is 103 Å². The summed E-state index contributed by atoms with van der Waals surface area (Å²) < 4.78 is 34.3. The summed E-state index contributed by atoms with van der Waals surface area (Å²) in [6, 6.07) is 3.61. The first-order valence-corrected chi connectivity index (χ1v) is 5.63. The molecular weight excluding hydrogens is 244 g/mol. The number of nitrogens with two attached hydrogens (primary N) is 1. The molecule has 0 saturated carbocycles. The molecule has 1 aromatic rings. The monoisotopic (exact) mass is 259 g/mol. The third-order valence-corrected chi connectivity index (χ3v) is 2.86. The quantitative estimate of drug-likeness (QED) is 0.871. The first-order valence-electron chi connectivity index (χ1n) is 5.63. The van der Waals surface area contributed by atoms with Crippen LogP contribution in [0.3, 0.4) is 0 Å². The van der Waals surface area contributed by atoms with E-state index in [0.717, 1.165) is 0 Å². The Morgan fingerprint density at radius 1 is 1.22 bits per heavy atom. The first-order chi connectivity index (χ1) is 8.30. The Morgan fingerprint density at radius 2 is 1.83 bits per heavy atom. The standard InChI is InChI=1S/C12H15F2NO3/c1-6(2)11(16)10(15)7-3-4-8-9(5-7)18-12(13,14)17-8/h3-6,10-11,16H,15H2,1-2H3/t10-,11+/m1/s1. The van der Waals surface area contributed by atoms with Crippen LogP contribution in [-0.4, -0.2) is 17.5 Å². The number of aliphatic hydroxyl groups excluding tert-OH is 1. The molecule has 2 rings (SSSR count). The summed E-state index contributed by atoms with van der Waals surface area (Å²) in [5, 5.41) is 9.85. The van der Waals surface area contributed by atoms with Crippen molar-refractivity contribution >= 4 is 0 Å². The Kier molecular flexibility index (Phi) is 3.16. The minimum atomic E-state index is -3.64. The van der Waals surface area contributed by atoms with Crippen molar-refractivity contribution in [1.82, 2.24) is 0 Å². The van der Waals surface area contributed by atoms with Crippen LogP contribution in [0.4, 0.5) is 8.78 Å². The van der Waals surface area contributed by atoms with Gasteiger partial charge in [0.2, 0.25) is 0 Å². The number of aliphatic hydroxyl groups is 1. The topological polar surface area (TPSA) is 64.7 Å². The van der Waals surface area contributed by atoms with Crippen LogP contribution in [0.5, 0.6) is 11.5 Å². The highest BCUT2D eigenvalue weighted by Crippen LogP contribution is 2.42. The van der Waals surface area contributed by atoms with Gasteiger partial charge in [-0.3, -0.25) is 0 Å². The molecule has 3 N–H and O–H groups in total. The number of rotatable bonds is 3. The minimum absolute atomic E-state index is 0.0324. The van der Waals surface area contributed by atoms with E-state index < -0.39 is 18.4 Å². The van der Waals surface area contributed by atoms with Crippen LogP contribution in [0.25, 0.3) is 0 Å².